The van der Waals surface area contributed by atoms with Crippen molar-refractivity contribution in [2.75, 3.05) is 6.54 Å². The van der Waals surface area contributed by atoms with Crippen LogP contribution in [0, 0.1) is 11.8 Å². The second-order valence-corrected chi connectivity index (χ2v) is 5.61. The molecule has 0 aromatic carbocycles. The Hall–Kier alpha value is -0.0400. The Balaban J connectivity index is 3.69. The normalized spacial score (nSPS) is 13.8. The molecule has 1 heteroatoms. The zero-order valence-electron chi connectivity index (χ0n) is 11.5. The fraction of sp³-hybridized carbons (Fsp3) is 1.00. The van der Waals surface area contributed by atoms with Crippen LogP contribution in [-0.4, -0.2) is 12.6 Å². The summed E-state index contributed by atoms with van der Waals surface area (Å²) in [6, 6.07) is 0.753. The average Bonchev–Trinajstić information content (AvgIpc) is 2.12. The summed E-state index contributed by atoms with van der Waals surface area (Å²) in [5, 5.41) is 3.67. The minimum atomic E-state index is 0.753. The van der Waals surface area contributed by atoms with Crippen molar-refractivity contribution < 1.29 is 0 Å². The van der Waals surface area contributed by atoms with Gasteiger partial charge in [0.2, 0.25) is 0 Å². The summed E-state index contributed by atoms with van der Waals surface area (Å²) in [6.07, 6.45) is 6.70. The lowest BCUT2D eigenvalue weighted by atomic mass is 9.96. The summed E-state index contributed by atoms with van der Waals surface area (Å²) in [5.74, 6) is 1.68. The largest absolute Gasteiger partial charge is 0.314 e. The Bertz CT molecular complexity index is 129. The van der Waals surface area contributed by atoms with Crippen molar-refractivity contribution in [1.82, 2.24) is 5.32 Å². The van der Waals surface area contributed by atoms with Gasteiger partial charge in [-0.3, -0.25) is 0 Å². The van der Waals surface area contributed by atoms with Crippen LogP contribution < -0.4 is 5.32 Å². The molecule has 1 unspecified atom stereocenters. The molecule has 0 amide bonds. The van der Waals surface area contributed by atoms with Crippen molar-refractivity contribution >= 4 is 0 Å². The van der Waals surface area contributed by atoms with Gasteiger partial charge in [-0.1, -0.05) is 47.5 Å². The predicted molar refractivity (Wildman–Crippen MR) is 70.2 cm³/mol. The Labute approximate surface area is 97.0 Å². The van der Waals surface area contributed by atoms with Crippen molar-refractivity contribution in [2.45, 2.75) is 72.8 Å². The maximum Gasteiger partial charge on any atom is 0.00694 e. The lowest BCUT2D eigenvalue weighted by Crippen LogP contribution is -2.31. The SMILES string of the molecule is CCCNC(CCCC(C)C)CC(C)C. The Kier molecular flexibility index (Phi) is 9.18. The first-order chi connectivity index (χ1) is 7.06. The highest BCUT2D eigenvalue weighted by Crippen LogP contribution is 2.13. The van der Waals surface area contributed by atoms with Crippen LogP contribution in [-0.2, 0) is 0 Å². The van der Waals surface area contributed by atoms with E-state index in [1.807, 2.05) is 0 Å². The van der Waals surface area contributed by atoms with E-state index in [9.17, 15) is 0 Å². The van der Waals surface area contributed by atoms with Crippen LogP contribution in [0.2, 0.25) is 0 Å². The van der Waals surface area contributed by atoms with Crippen LogP contribution in [0.1, 0.15) is 66.7 Å². The van der Waals surface area contributed by atoms with Gasteiger partial charge >= 0.3 is 0 Å². The first kappa shape index (κ1) is 15.0. The van der Waals surface area contributed by atoms with Gasteiger partial charge in [-0.2, -0.15) is 0 Å². The average molecular weight is 213 g/mol. The van der Waals surface area contributed by atoms with Gasteiger partial charge in [0, 0.05) is 6.04 Å². The maximum atomic E-state index is 3.67. The highest BCUT2D eigenvalue weighted by molar-refractivity contribution is 4.68. The van der Waals surface area contributed by atoms with Gasteiger partial charge in [-0.15, -0.1) is 0 Å². The molecule has 0 saturated heterocycles. The molecule has 0 aliphatic carbocycles. The van der Waals surface area contributed by atoms with Gasteiger partial charge in [0.15, 0.2) is 0 Å². The first-order valence-electron chi connectivity index (χ1n) is 6.79. The smallest absolute Gasteiger partial charge is 0.00694 e. The minimum absolute atomic E-state index is 0.753. The zero-order chi connectivity index (χ0) is 11.7. The minimum Gasteiger partial charge on any atom is -0.314 e. The molecule has 92 valence electrons. The molecule has 15 heavy (non-hydrogen) atoms. The number of hydrogen-bond donors (Lipinski definition) is 1. The van der Waals surface area contributed by atoms with E-state index in [2.05, 4.69) is 39.9 Å². The molecule has 0 rings (SSSR count). The van der Waals surface area contributed by atoms with E-state index >= 15 is 0 Å². The summed E-state index contributed by atoms with van der Waals surface area (Å²) in [5.41, 5.74) is 0. The van der Waals surface area contributed by atoms with Crippen molar-refractivity contribution in [2.24, 2.45) is 11.8 Å². The second-order valence-electron chi connectivity index (χ2n) is 5.61. The van der Waals surface area contributed by atoms with Gasteiger partial charge in [0.1, 0.15) is 0 Å². The molecule has 0 fully saturated rings. The van der Waals surface area contributed by atoms with E-state index < -0.39 is 0 Å². The fourth-order valence-corrected chi connectivity index (χ4v) is 1.99. The monoisotopic (exact) mass is 213 g/mol. The lowest BCUT2D eigenvalue weighted by molar-refractivity contribution is 0.377. The summed E-state index contributed by atoms with van der Waals surface area (Å²) in [7, 11) is 0. The Morgan fingerprint density at radius 3 is 2.07 bits per heavy atom. The molecule has 0 aromatic heterocycles. The van der Waals surface area contributed by atoms with E-state index in [4.69, 9.17) is 0 Å². The molecule has 0 bridgehead atoms. The molecule has 0 spiro atoms. The third kappa shape index (κ3) is 10.2. The predicted octanol–water partition coefficient (Wildman–Crippen LogP) is 4.23. The fourth-order valence-electron chi connectivity index (χ4n) is 1.99. The second kappa shape index (κ2) is 9.21. The van der Waals surface area contributed by atoms with E-state index in [0.717, 1.165) is 17.9 Å². The molecular weight excluding hydrogens is 182 g/mol. The van der Waals surface area contributed by atoms with Gasteiger partial charge in [0.25, 0.3) is 0 Å². The third-order valence-electron chi connectivity index (χ3n) is 2.77. The molecular formula is C14H31N. The van der Waals surface area contributed by atoms with Gasteiger partial charge < -0.3 is 5.32 Å². The molecule has 1 atom stereocenters. The summed E-state index contributed by atoms with van der Waals surface area (Å²) < 4.78 is 0. The molecule has 0 aromatic rings. The zero-order valence-corrected chi connectivity index (χ0v) is 11.5. The van der Waals surface area contributed by atoms with Crippen molar-refractivity contribution in [3.8, 4) is 0 Å². The standard InChI is InChI=1S/C14H31N/c1-6-10-15-14(11-13(4)5)9-7-8-12(2)3/h12-15H,6-11H2,1-5H3. The molecule has 0 heterocycles. The lowest BCUT2D eigenvalue weighted by Gasteiger charge is -2.20. The van der Waals surface area contributed by atoms with E-state index in [0.29, 0.717) is 0 Å². The van der Waals surface area contributed by atoms with E-state index in [1.54, 1.807) is 0 Å². The Morgan fingerprint density at radius 2 is 1.60 bits per heavy atom. The summed E-state index contributed by atoms with van der Waals surface area (Å²) >= 11 is 0. The number of rotatable bonds is 9. The molecule has 1 N–H and O–H groups in total. The number of hydrogen-bond acceptors (Lipinski definition) is 1. The van der Waals surface area contributed by atoms with Crippen LogP contribution in [0.4, 0.5) is 0 Å². The molecule has 1 nitrogen and oxygen atoms in total. The van der Waals surface area contributed by atoms with Crippen LogP contribution in [0.5, 0.6) is 0 Å². The van der Waals surface area contributed by atoms with Gasteiger partial charge in [0.05, 0.1) is 0 Å². The van der Waals surface area contributed by atoms with Gasteiger partial charge in [-0.25, -0.2) is 0 Å². The van der Waals surface area contributed by atoms with Crippen LogP contribution >= 0.6 is 0 Å². The molecule has 0 aliphatic rings. The molecule has 0 saturated carbocycles. The Morgan fingerprint density at radius 1 is 0.933 bits per heavy atom. The van der Waals surface area contributed by atoms with Crippen molar-refractivity contribution in [3.63, 3.8) is 0 Å². The topological polar surface area (TPSA) is 12.0 Å². The quantitative estimate of drug-likeness (QED) is 0.604. The number of nitrogens with one attached hydrogen (secondary N) is 1. The van der Waals surface area contributed by atoms with Crippen molar-refractivity contribution in [3.05, 3.63) is 0 Å². The maximum absolute atomic E-state index is 3.67. The highest BCUT2D eigenvalue weighted by Gasteiger charge is 2.09. The highest BCUT2D eigenvalue weighted by atomic mass is 14.9. The first-order valence-corrected chi connectivity index (χ1v) is 6.79. The van der Waals surface area contributed by atoms with E-state index in [1.165, 1.54) is 38.6 Å². The van der Waals surface area contributed by atoms with Crippen LogP contribution in [0.3, 0.4) is 0 Å². The summed E-state index contributed by atoms with van der Waals surface area (Å²) in [6.45, 7) is 12.7. The van der Waals surface area contributed by atoms with Crippen LogP contribution in [0.25, 0.3) is 0 Å². The van der Waals surface area contributed by atoms with E-state index in [-0.39, 0.29) is 0 Å². The van der Waals surface area contributed by atoms with Crippen molar-refractivity contribution in [1.29, 1.82) is 0 Å². The summed E-state index contributed by atoms with van der Waals surface area (Å²) in [4.78, 5) is 0. The molecule has 0 aliphatic heterocycles. The van der Waals surface area contributed by atoms with Gasteiger partial charge in [-0.05, 0) is 37.6 Å². The third-order valence-corrected chi connectivity index (χ3v) is 2.77. The molecule has 0 radical (unpaired) electrons. The van der Waals surface area contributed by atoms with Crippen LogP contribution in [0.15, 0.2) is 0 Å².